The minimum absolute atomic E-state index is 0.242. The summed E-state index contributed by atoms with van der Waals surface area (Å²) in [7, 11) is 0. The highest BCUT2D eigenvalue weighted by Gasteiger charge is 2.21. The van der Waals surface area contributed by atoms with Crippen LogP contribution in [-0.4, -0.2) is 11.5 Å². The third kappa shape index (κ3) is 0.833. The van der Waals surface area contributed by atoms with Crippen LogP contribution in [0.1, 0.15) is 12.8 Å². The summed E-state index contributed by atoms with van der Waals surface area (Å²) in [6.45, 7) is 0. The molecule has 1 aliphatic heterocycles. The first kappa shape index (κ1) is 6.23. The van der Waals surface area contributed by atoms with Gasteiger partial charge in [0.05, 0.1) is 0 Å². The lowest BCUT2D eigenvalue weighted by molar-refractivity contribution is -0.111. The largest absolute Gasteiger partial charge is 0.290 e. The number of hydrogen-bond acceptors (Lipinski definition) is 2. The van der Waals surface area contributed by atoms with Gasteiger partial charge in [-0.1, -0.05) is 6.08 Å². The maximum atomic E-state index is 11.1. The van der Waals surface area contributed by atoms with E-state index in [9.17, 15) is 4.79 Å². The first-order valence-corrected chi connectivity index (χ1v) is 4.42. The standard InChI is InChI=1S/C8H8OS/c9-7-2-1-3-8-6(7)4-5-10-8/h1-2H,3-5H2. The van der Waals surface area contributed by atoms with Crippen LogP contribution in [0.15, 0.2) is 22.6 Å². The molecular formula is C8H8OS. The van der Waals surface area contributed by atoms with E-state index in [4.69, 9.17) is 0 Å². The highest BCUT2D eigenvalue weighted by molar-refractivity contribution is 8.03. The van der Waals surface area contributed by atoms with Gasteiger partial charge in [-0.25, -0.2) is 0 Å². The molecule has 1 nitrogen and oxygen atoms in total. The first-order chi connectivity index (χ1) is 4.88. The van der Waals surface area contributed by atoms with E-state index in [-0.39, 0.29) is 5.78 Å². The zero-order valence-corrected chi connectivity index (χ0v) is 6.41. The molecule has 0 saturated heterocycles. The van der Waals surface area contributed by atoms with Crippen LogP contribution in [0.2, 0.25) is 0 Å². The van der Waals surface area contributed by atoms with Crippen molar-refractivity contribution in [3.05, 3.63) is 22.6 Å². The number of hydrogen-bond donors (Lipinski definition) is 0. The molecule has 0 fully saturated rings. The van der Waals surface area contributed by atoms with E-state index in [1.54, 1.807) is 6.08 Å². The highest BCUT2D eigenvalue weighted by Crippen LogP contribution is 2.36. The first-order valence-electron chi connectivity index (χ1n) is 3.43. The van der Waals surface area contributed by atoms with E-state index in [1.807, 2.05) is 17.8 Å². The Bertz CT molecular complexity index is 238. The summed E-state index contributed by atoms with van der Waals surface area (Å²) in [6.07, 6.45) is 5.64. The summed E-state index contributed by atoms with van der Waals surface area (Å²) in [5.74, 6) is 1.35. The summed E-state index contributed by atoms with van der Waals surface area (Å²) in [4.78, 5) is 12.4. The quantitative estimate of drug-likeness (QED) is 0.527. The van der Waals surface area contributed by atoms with Crippen LogP contribution in [0.5, 0.6) is 0 Å². The lowest BCUT2D eigenvalue weighted by Gasteiger charge is -2.04. The Balaban J connectivity index is 2.35. The van der Waals surface area contributed by atoms with Gasteiger partial charge in [-0.2, -0.15) is 0 Å². The fourth-order valence-electron chi connectivity index (χ4n) is 1.32. The Morgan fingerprint density at radius 1 is 1.50 bits per heavy atom. The number of ketones is 1. The molecule has 0 aromatic heterocycles. The second kappa shape index (κ2) is 2.27. The SMILES string of the molecule is O=C1C=CCC2=C1CCS2. The third-order valence-corrected chi connectivity index (χ3v) is 3.00. The fraction of sp³-hybridized carbons (Fsp3) is 0.375. The molecule has 0 bridgehead atoms. The summed E-state index contributed by atoms with van der Waals surface area (Å²) in [5, 5.41) is 0. The van der Waals surface area contributed by atoms with Crippen LogP contribution in [0.25, 0.3) is 0 Å². The predicted molar refractivity (Wildman–Crippen MR) is 42.9 cm³/mol. The molecular weight excluding hydrogens is 144 g/mol. The molecule has 0 aromatic rings. The van der Waals surface area contributed by atoms with Crippen molar-refractivity contribution in [3.8, 4) is 0 Å². The lowest BCUT2D eigenvalue weighted by Crippen LogP contribution is -2.01. The molecule has 2 rings (SSSR count). The van der Waals surface area contributed by atoms with Gasteiger partial charge in [0.15, 0.2) is 5.78 Å². The fourth-order valence-corrected chi connectivity index (χ4v) is 2.46. The van der Waals surface area contributed by atoms with Crippen molar-refractivity contribution in [1.29, 1.82) is 0 Å². The zero-order valence-electron chi connectivity index (χ0n) is 5.59. The lowest BCUT2D eigenvalue weighted by atomic mass is 10.0. The van der Waals surface area contributed by atoms with Crippen molar-refractivity contribution >= 4 is 17.5 Å². The highest BCUT2D eigenvalue weighted by atomic mass is 32.2. The van der Waals surface area contributed by atoms with Gasteiger partial charge in [0, 0.05) is 11.3 Å². The molecule has 1 aliphatic carbocycles. The van der Waals surface area contributed by atoms with Crippen LogP contribution in [0.4, 0.5) is 0 Å². The average Bonchev–Trinajstić information content (AvgIpc) is 2.36. The molecule has 2 aliphatic rings. The van der Waals surface area contributed by atoms with E-state index in [0.717, 1.165) is 24.2 Å². The van der Waals surface area contributed by atoms with Crippen LogP contribution in [0.3, 0.4) is 0 Å². The summed E-state index contributed by atoms with van der Waals surface area (Å²) in [6, 6.07) is 0. The van der Waals surface area contributed by atoms with Crippen LogP contribution in [0, 0.1) is 0 Å². The number of carbonyl (C=O) groups is 1. The van der Waals surface area contributed by atoms with E-state index in [1.165, 1.54) is 4.91 Å². The predicted octanol–water partition coefficient (Wildman–Crippen LogP) is 1.91. The molecule has 1 heterocycles. The summed E-state index contributed by atoms with van der Waals surface area (Å²) >= 11 is 1.84. The Kier molecular flexibility index (Phi) is 1.42. The van der Waals surface area contributed by atoms with Crippen molar-refractivity contribution in [3.63, 3.8) is 0 Å². The minimum Gasteiger partial charge on any atom is -0.290 e. The number of thioether (sulfide) groups is 1. The minimum atomic E-state index is 0.242. The van der Waals surface area contributed by atoms with Crippen LogP contribution >= 0.6 is 11.8 Å². The normalized spacial score (nSPS) is 23.8. The second-order valence-corrected chi connectivity index (χ2v) is 3.66. The van der Waals surface area contributed by atoms with Gasteiger partial charge in [0.2, 0.25) is 0 Å². The van der Waals surface area contributed by atoms with Crippen LogP contribution in [-0.2, 0) is 4.79 Å². The van der Waals surface area contributed by atoms with Crippen molar-refractivity contribution < 1.29 is 4.79 Å². The average molecular weight is 152 g/mol. The number of rotatable bonds is 0. The van der Waals surface area contributed by atoms with Gasteiger partial charge < -0.3 is 0 Å². The van der Waals surface area contributed by atoms with Crippen molar-refractivity contribution in [2.24, 2.45) is 0 Å². The molecule has 52 valence electrons. The Labute approximate surface area is 64.2 Å². The molecule has 0 saturated carbocycles. The summed E-state index contributed by atoms with van der Waals surface area (Å²) < 4.78 is 0. The molecule has 10 heavy (non-hydrogen) atoms. The molecule has 0 atom stereocenters. The van der Waals surface area contributed by atoms with E-state index >= 15 is 0 Å². The monoisotopic (exact) mass is 152 g/mol. The molecule has 2 heteroatoms. The maximum Gasteiger partial charge on any atom is 0.182 e. The smallest absolute Gasteiger partial charge is 0.182 e. The van der Waals surface area contributed by atoms with Gasteiger partial charge >= 0.3 is 0 Å². The second-order valence-electron chi connectivity index (χ2n) is 2.47. The van der Waals surface area contributed by atoms with Crippen molar-refractivity contribution in [2.75, 3.05) is 5.75 Å². The van der Waals surface area contributed by atoms with E-state index < -0.39 is 0 Å². The zero-order chi connectivity index (χ0) is 6.97. The Morgan fingerprint density at radius 3 is 3.20 bits per heavy atom. The van der Waals surface area contributed by atoms with Gasteiger partial charge in [0.1, 0.15) is 0 Å². The molecule has 0 spiro atoms. The molecule has 0 N–H and O–H groups in total. The molecule has 0 radical (unpaired) electrons. The van der Waals surface area contributed by atoms with Gasteiger partial charge in [0.25, 0.3) is 0 Å². The number of allylic oxidation sites excluding steroid dienone is 4. The summed E-state index contributed by atoms with van der Waals surface area (Å²) in [5.41, 5.74) is 1.08. The molecule has 0 aromatic carbocycles. The maximum absolute atomic E-state index is 11.1. The van der Waals surface area contributed by atoms with Gasteiger partial charge in [-0.3, -0.25) is 4.79 Å². The number of carbonyl (C=O) groups excluding carboxylic acids is 1. The van der Waals surface area contributed by atoms with E-state index in [0.29, 0.717) is 0 Å². The topological polar surface area (TPSA) is 17.1 Å². The van der Waals surface area contributed by atoms with Crippen LogP contribution < -0.4 is 0 Å². The van der Waals surface area contributed by atoms with Gasteiger partial charge in [-0.05, 0) is 23.8 Å². The van der Waals surface area contributed by atoms with Crippen molar-refractivity contribution in [2.45, 2.75) is 12.8 Å². The molecule has 0 unspecified atom stereocenters. The molecule has 0 amide bonds. The Morgan fingerprint density at radius 2 is 2.40 bits per heavy atom. The third-order valence-electron chi connectivity index (χ3n) is 1.83. The van der Waals surface area contributed by atoms with Crippen molar-refractivity contribution in [1.82, 2.24) is 0 Å². The van der Waals surface area contributed by atoms with Gasteiger partial charge in [-0.15, -0.1) is 11.8 Å². The van der Waals surface area contributed by atoms with E-state index in [2.05, 4.69) is 0 Å². The Hall–Kier alpha value is -0.500.